The van der Waals surface area contributed by atoms with E-state index in [-0.39, 0.29) is 0 Å². The minimum atomic E-state index is 1.05. The van der Waals surface area contributed by atoms with Crippen molar-refractivity contribution < 1.29 is 0 Å². The molecule has 0 unspecified atom stereocenters. The Labute approximate surface area is 83.8 Å². The fourth-order valence-corrected chi connectivity index (χ4v) is 1.53. The molecule has 0 rings (SSSR count). The molecule has 0 aliphatic rings. The summed E-state index contributed by atoms with van der Waals surface area (Å²) in [5.74, 6) is 0. The summed E-state index contributed by atoms with van der Waals surface area (Å²) in [6.45, 7) is 10.5. The lowest BCUT2D eigenvalue weighted by molar-refractivity contribution is 0.349. The standard InChI is InChI=1S/C12H25N/c1-5-6-7-8-9-10-13(4)11-12(2)3/h2,5-11H2,1,3-4H3. The molecular weight excluding hydrogens is 158 g/mol. The van der Waals surface area contributed by atoms with Gasteiger partial charge in [-0.15, -0.1) is 0 Å². The van der Waals surface area contributed by atoms with Crippen LogP contribution in [-0.4, -0.2) is 25.0 Å². The Morgan fingerprint density at radius 2 is 1.77 bits per heavy atom. The fraction of sp³-hybridized carbons (Fsp3) is 0.833. The van der Waals surface area contributed by atoms with Gasteiger partial charge in [0, 0.05) is 6.54 Å². The van der Waals surface area contributed by atoms with Gasteiger partial charge in [-0.25, -0.2) is 0 Å². The van der Waals surface area contributed by atoms with Crippen molar-refractivity contribution in [2.75, 3.05) is 20.1 Å². The van der Waals surface area contributed by atoms with Crippen LogP contribution in [0.2, 0.25) is 0 Å². The van der Waals surface area contributed by atoms with Gasteiger partial charge in [-0.3, -0.25) is 0 Å². The molecule has 0 aliphatic carbocycles. The van der Waals surface area contributed by atoms with E-state index >= 15 is 0 Å². The Morgan fingerprint density at radius 1 is 1.15 bits per heavy atom. The first-order valence-electron chi connectivity index (χ1n) is 5.49. The predicted molar refractivity (Wildman–Crippen MR) is 61.1 cm³/mol. The summed E-state index contributed by atoms with van der Waals surface area (Å²) in [6.07, 6.45) is 6.85. The van der Waals surface area contributed by atoms with Crippen LogP contribution < -0.4 is 0 Å². The highest BCUT2D eigenvalue weighted by molar-refractivity contribution is 4.90. The van der Waals surface area contributed by atoms with E-state index in [1.807, 2.05) is 0 Å². The molecule has 0 heterocycles. The highest BCUT2D eigenvalue weighted by Crippen LogP contribution is 2.03. The molecule has 0 aliphatic heterocycles. The Hall–Kier alpha value is -0.300. The van der Waals surface area contributed by atoms with E-state index in [2.05, 4.69) is 32.4 Å². The van der Waals surface area contributed by atoms with E-state index in [1.54, 1.807) is 0 Å². The first-order chi connectivity index (χ1) is 6.16. The second kappa shape index (κ2) is 8.31. The quantitative estimate of drug-likeness (QED) is 0.411. The maximum Gasteiger partial charge on any atom is 0.0184 e. The van der Waals surface area contributed by atoms with Crippen molar-refractivity contribution in [3.8, 4) is 0 Å². The van der Waals surface area contributed by atoms with Gasteiger partial charge in [0.1, 0.15) is 0 Å². The topological polar surface area (TPSA) is 3.24 Å². The van der Waals surface area contributed by atoms with E-state index in [1.165, 1.54) is 44.2 Å². The van der Waals surface area contributed by atoms with E-state index < -0.39 is 0 Å². The largest absolute Gasteiger partial charge is 0.302 e. The molecule has 0 aromatic carbocycles. The zero-order valence-corrected chi connectivity index (χ0v) is 9.60. The molecule has 0 saturated heterocycles. The number of rotatable bonds is 8. The summed E-state index contributed by atoms with van der Waals surface area (Å²) in [6, 6.07) is 0. The maximum atomic E-state index is 3.91. The summed E-state index contributed by atoms with van der Waals surface area (Å²) in [4.78, 5) is 2.36. The van der Waals surface area contributed by atoms with Gasteiger partial charge in [-0.05, 0) is 26.9 Å². The summed E-state index contributed by atoms with van der Waals surface area (Å²) in [7, 11) is 2.18. The van der Waals surface area contributed by atoms with Gasteiger partial charge in [0.15, 0.2) is 0 Å². The molecule has 0 aromatic rings. The lowest BCUT2D eigenvalue weighted by atomic mass is 10.1. The Balaban J connectivity index is 3.17. The molecule has 0 spiro atoms. The van der Waals surface area contributed by atoms with Gasteiger partial charge in [0.25, 0.3) is 0 Å². The molecule has 0 bridgehead atoms. The Kier molecular flexibility index (Phi) is 8.11. The number of hydrogen-bond acceptors (Lipinski definition) is 1. The number of hydrogen-bond donors (Lipinski definition) is 0. The van der Waals surface area contributed by atoms with E-state index in [0.29, 0.717) is 0 Å². The van der Waals surface area contributed by atoms with Gasteiger partial charge in [0.05, 0.1) is 0 Å². The van der Waals surface area contributed by atoms with Gasteiger partial charge in [-0.2, -0.15) is 0 Å². The fourth-order valence-electron chi connectivity index (χ4n) is 1.53. The van der Waals surface area contributed by atoms with E-state index in [9.17, 15) is 0 Å². The summed E-state index contributed by atoms with van der Waals surface area (Å²) < 4.78 is 0. The van der Waals surface area contributed by atoms with E-state index in [0.717, 1.165) is 6.54 Å². The minimum Gasteiger partial charge on any atom is -0.302 e. The lowest BCUT2D eigenvalue weighted by Crippen LogP contribution is -2.21. The maximum absolute atomic E-state index is 3.91. The number of unbranched alkanes of at least 4 members (excludes halogenated alkanes) is 4. The smallest absolute Gasteiger partial charge is 0.0184 e. The van der Waals surface area contributed by atoms with Crippen molar-refractivity contribution in [1.82, 2.24) is 4.90 Å². The van der Waals surface area contributed by atoms with Crippen LogP contribution in [0.25, 0.3) is 0 Å². The molecule has 13 heavy (non-hydrogen) atoms. The number of likely N-dealkylation sites (N-methyl/N-ethyl adjacent to an activating group) is 1. The van der Waals surface area contributed by atoms with Crippen molar-refractivity contribution in [2.45, 2.75) is 46.0 Å². The third-order valence-corrected chi connectivity index (χ3v) is 2.18. The molecule has 0 N–H and O–H groups in total. The average molecular weight is 183 g/mol. The van der Waals surface area contributed by atoms with Crippen molar-refractivity contribution in [3.63, 3.8) is 0 Å². The van der Waals surface area contributed by atoms with Crippen molar-refractivity contribution in [3.05, 3.63) is 12.2 Å². The first-order valence-corrected chi connectivity index (χ1v) is 5.49. The van der Waals surface area contributed by atoms with Gasteiger partial charge < -0.3 is 4.90 Å². The molecule has 0 atom stereocenters. The molecular formula is C12H25N. The molecule has 0 fully saturated rings. The number of nitrogens with zero attached hydrogens (tertiary/aromatic N) is 1. The molecule has 0 aromatic heterocycles. The average Bonchev–Trinajstić information content (AvgIpc) is 2.02. The van der Waals surface area contributed by atoms with Crippen molar-refractivity contribution in [1.29, 1.82) is 0 Å². The third kappa shape index (κ3) is 9.62. The molecule has 1 heteroatoms. The predicted octanol–water partition coefficient (Wildman–Crippen LogP) is 3.46. The molecule has 0 amide bonds. The van der Waals surface area contributed by atoms with Crippen LogP contribution in [0.15, 0.2) is 12.2 Å². The Bertz CT molecular complexity index is 129. The summed E-state index contributed by atoms with van der Waals surface area (Å²) >= 11 is 0. The first kappa shape index (κ1) is 12.7. The normalized spacial score (nSPS) is 10.8. The van der Waals surface area contributed by atoms with Gasteiger partial charge in [-0.1, -0.05) is 44.8 Å². The zero-order chi connectivity index (χ0) is 10.1. The molecule has 0 radical (unpaired) electrons. The highest BCUT2D eigenvalue weighted by Gasteiger charge is 1.97. The summed E-state index contributed by atoms with van der Waals surface area (Å²) in [5, 5.41) is 0. The van der Waals surface area contributed by atoms with Crippen LogP contribution in [0.5, 0.6) is 0 Å². The van der Waals surface area contributed by atoms with Gasteiger partial charge in [0.2, 0.25) is 0 Å². The zero-order valence-electron chi connectivity index (χ0n) is 9.60. The highest BCUT2D eigenvalue weighted by atomic mass is 15.1. The van der Waals surface area contributed by atoms with E-state index in [4.69, 9.17) is 0 Å². The van der Waals surface area contributed by atoms with Crippen LogP contribution in [0.1, 0.15) is 46.0 Å². The van der Waals surface area contributed by atoms with Crippen LogP contribution >= 0.6 is 0 Å². The third-order valence-electron chi connectivity index (χ3n) is 2.18. The monoisotopic (exact) mass is 183 g/mol. The second-order valence-corrected chi connectivity index (χ2v) is 4.11. The van der Waals surface area contributed by atoms with Crippen LogP contribution in [0.3, 0.4) is 0 Å². The van der Waals surface area contributed by atoms with Crippen molar-refractivity contribution in [2.24, 2.45) is 0 Å². The molecule has 0 saturated carbocycles. The second-order valence-electron chi connectivity index (χ2n) is 4.11. The van der Waals surface area contributed by atoms with Gasteiger partial charge >= 0.3 is 0 Å². The van der Waals surface area contributed by atoms with Crippen molar-refractivity contribution >= 4 is 0 Å². The summed E-state index contributed by atoms with van der Waals surface area (Å²) in [5.41, 5.74) is 1.26. The van der Waals surface area contributed by atoms with Crippen LogP contribution in [-0.2, 0) is 0 Å². The SMILES string of the molecule is C=C(C)CN(C)CCCCCCC. The molecule has 1 nitrogen and oxygen atoms in total. The molecule has 78 valence electrons. The lowest BCUT2D eigenvalue weighted by Gasteiger charge is -2.15. The Morgan fingerprint density at radius 3 is 2.31 bits per heavy atom. The van der Waals surface area contributed by atoms with Crippen LogP contribution in [0.4, 0.5) is 0 Å². The van der Waals surface area contributed by atoms with Crippen LogP contribution in [0, 0.1) is 0 Å². The minimum absolute atomic E-state index is 1.05.